The lowest BCUT2D eigenvalue weighted by atomic mass is 9.71. The summed E-state index contributed by atoms with van der Waals surface area (Å²) in [6.45, 7) is 6.99. The molecule has 0 saturated heterocycles. The molecule has 0 spiro atoms. The lowest BCUT2D eigenvalue weighted by molar-refractivity contribution is 0.0246. The number of hydrogen-bond donors (Lipinski definition) is 1. The molecule has 0 bridgehead atoms. The number of ether oxygens (including phenoxy) is 1. The van der Waals surface area contributed by atoms with Crippen molar-refractivity contribution in [3.63, 3.8) is 0 Å². The summed E-state index contributed by atoms with van der Waals surface area (Å²) in [5, 5.41) is 10.1. The molecule has 0 aromatic rings. The van der Waals surface area contributed by atoms with Crippen LogP contribution in [0, 0.1) is 23.2 Å². The number of aliphatic hydroxyl groups excluding tert-OH is 1. The first-order valence-electron chi connectivity index (χ1n) is 7.16. The van der Waals surface area contributed by atoms with Gasteiger partial charge in [-0.2, -0.15) is 0 Å². The number of rotatable bonds is 1. The van der Waals surface area contributed by atoms with Gasteiger partial charge in [-0.1, -0.05) is 20.8 Å². The van der Waals surface area contributed by atoms with E-state index in [-0.39, 0.29) is 6.10 Å². The lowest BCUT2D eigenvalue weighted by Crippen LogP contribution is -2.31. The van der Waals surface area contributed by atoms with Gasteiger partial charge in [0.25, 0.3) is 0 Å². The first-order chi connectivity index (χ1) is 7.95. The molecule has 0 aromatic carbocycles. The monoisotopic (exact) mass is 240 g/mol. The molecule has 0 radical (unpaired) electrons. The fourth-order valence-electron chi connectivity index (χ4n) is 4.19. The summed E-state index contributed by atoms with van der Waals surface area (Å²) >= 11 is 0. The van der Waals surface area contributed by atoms with E-state index in [0.29, 0.717) is 23.4 Å². The van der Waals surface area contributed by atoms with Gasteiger partial charge in [0, 0.05) is 7.11 Å². The van der Waals surface area contributed by atoms with Crippen LogP contribution in [0.25, 0.3) is 0 Å². The molecule has 2 saturated carbocycles. The third kappa shape index (κ3) is 2.53. The van der Waals surface area contributed by atoms with Crippen LogP contribution in [0.15, 0.2) is 0 Å². The first-order valence-corrected chi connectivity index (χ1v) is 7.16. The number of hydrogen-bond acceptors (Lipinski definition) is 2. The average molecular weight is 240 g/mol. The Morgan fingerprint density at radius 2 is 1.82 bits per heavy atom. The van der Waals surface area contributed by atoms with E-state index in [4.69, 9.17) is 4.74 Å². The summed E-state index contributed by atoms with van der Waals surface area (Å²) in [4.78, 5) is 0. The molecule has 0 amide bonds. The summed E-state index contributed by atoms with van der Waals surface area (Å²) in [6, 6.07) is 0. The lowest BCUT2D eigenvalue weighted by Gasteiger charge is -2.35. The first kappa shape index (κ1) is 13.4. The van der Waals surface area contributed by atoms with Crippen LogP contribution < -0.4 is 0 Å². The Kier molecular flexibility index (Phi) is 3.84. The molecular weight excluding hydrogens is 212 g/mol. The van der Waals surface area contributed by atoms with Crippen molar-refractivity contribution >= 4 is 0 Å². The topological polar surface area (TPSA) is 29.5 Å². The molecule has 17 heavy (non-hydrogen) atoms. The van der Waals surface area contributed by atoms with Crippen LogP contribution >= 0.6 is 0 Å². The summed E-state index contributed by atoms with van der Waals surface area (Å²) in [6.07, 6.45) is 6.02. The molecule has 2 rings (SSSR count). The van der Waals surface area contributed by atoms with E-state index in [2.05, 4.69) is 20.8 Å². The van der Waals surface area contributed by atoms with Gasteiger partial charge in [0.15, 0.2) is 0 Å². The predicted molar refractivity (Wildman–Crippen MR) is 69.8 cm³/mol. The molecule has 5 atom stereocenters. The van der Waals surface area contributed by atoms with Gasteiger partial charge in [-0.15, -0.1) is 0 Å². The van der Waals surface area contributed by atoms with Crippen LogP contribution in [0.3, 0.4) is 0 Å². The molecule has 0 aliphatic heterocycles. The van der Waals surface area contributed by atoms with Gasteiger partial charge in [0.05, 0.1) is 12.2 Å². The third-order valence-corrected chi connectivity index (χ3v) is 5.41. The predicted octanol–water partition coefficient (Wildman–Crippen LogP) is 3.23. The van der Waals surface area contributed by atoms with Crippen molar-refractivity contribution in [3.8, 4) is 0 Å². The van der Waals surface area contributed by atoms with Crippen LogP contribution in [-0.4, -0.2) is 24.4 Å². The molecule has 0 heterocycles. The second-order valence-electron chi connectivity index (χ2n) is 6.94. The van der Waals surface area contributed by atoms with Crippen LogP contribution in [0.5, 0.6) is 0 Å². The maximum absolute atomic E-state index is 10.1. The SMILES string of the molecule is COC1CC(C)(C)C2CCC(C)[C@H](O)CCC12. The van der Waals surface area contributed by atoms with Crippen molar-refractivity contribution in [2.75, 3.05) is 7.11 Å². The summed E-state index contributed by atoms with van der Waals surface area (Å²) in [5.74, 6) is 1.91. The van der Waals surface area contributed by atoms with E-state index < -0.39 is 0 Å². The zero-order valence-electron chi connectivity index (χ0n) is 11.8. The summed E-state index contributed by atoms with van der Waals surface area (Å²) in [7, 11) is 1.85. The van der Waals surface area contributed by atoms with E-state index >= 15 is 0 Å². The molecule has 2 fully saturated rings. The Morgan fingerprint density at radius 1 is 1.12 bits per heavy atom. The van der Waals surface area contributed by atoms with Gasteiger partial charge in [-0.3, -0.25) is 0 Å². The summed E-state index contributed by atoms with van der Waals surface area (Å²) in [5.41, 5.74) is 0.410. The molecular formula is C15H28O2. The highest BCUT2D eigenvalue weighted by molar-refractivity contribution is 4.98. The normalized spacial score (nSPS) is 46.1. The molecule has 2 aliphatic rings. The van der Waals surface area contributed by atoms with Crippen molar-refractivity contribution in [1.29, 1.82) is 0 Å². The molecule has 2 aliphatic carbocycles. The van der Waals surface area contributed by atoms with Gasteiger partial charge in [0.2, 0.25) is 0 Å². The van der Waals surface area contributed by atoms with E-state index in [9.17, 15) is 5.11 Å². The van der Waals surface area contributed by atoms with Crippen LogP contribution in [-0.2, 0) is 4.74 Å². The Balaban J connectivity index is 2.14. The quantitative estimate of drug-likeness (QED) is 0.762. The molecule has 1 N–H and O–H groups in total. The highest BCUT2D eigenvalue weighted by Gasteiger charge is 2.48. The second-order valence-corrected chi connectivity index (χ2v) is 6.94. The van der Waals surface area contributed by atoms with Crippen LogP contribution in [0.1, 0.15) is 52.9 Å². The van der Waals surface area contributed by atoms with Crippen molar-refractivity contribution in [3.05, 3.63) is 0 Å². The molecule has 0 aromatic heterocycles. The average Bonchev–Trinajstić information content (AvgIpc) is 2.51. The fourth-order valence-corrected chi connectivity index (χ4v) is 4.19. The van der Waals surface area contributed by atoms with E-state index in [1.165, 1.54) is 19.3 Å². The Hall–Kier alpha value is -0.0800. The summed E-state index contributed by atoms with van der Waals surface area (Å²) < 4.78 is 5.69. The number of fused-ring (bicyclic) bond motifs is 1. The van der Waals surface area contributed by atoms with Gasteiger partial charge >= 0.3 is 0 Å². The highest BCUT2D eigenvalue weighted by Crippen LogP contribution is 2.52. The molecule has 100 valence electrons. The van der Waals surface area contributed by atoms with Crippen molar-refractivity contribution < 1.29 is 9.84 Å². The zero-order valence-corrected chi connectivity index (χ0v) is 11.8. The van der Waals surface area contributed by atoms with Gasteiger partial charge in [0.1, 0.15) is 0 Å². The third-order valence-electron chi connectivity index (χ3n) is 5.41. The fraction of sp³-hybridized carbons (Fsp3) is 1.00. The number of methoxy groups -OCH3 is 1. The Morgan fingerprint density at radius 3 is 2.47 bits per heavy atom. The van der Waals surface area contributed by atoms with E-state index in [1.54, 1.807) is 0 Å². The van der Waals surface area contributed by atoms with Crippen molar-refractivity contribution in [2.45, 2.75) is 65.1 Å². The standard InChI is InChI=1S/C15H28O2/c1-10-5-7-12-11(6-8-13(10)16)14(17-4)9-15(12,2)3/h10-14,16H,5-9H2,1-4H3/t10?,11?,12?,13-,14?/m1/s1. The maximum atomic E-state index is 10.1. The van der Waals surface area contributed by atoms with Gasteiger partial charge < -0.3 is 9.84 Å². The Bertz CT molecular complexity index is 262. The number of aliphatic hydroxyl groups is 1. The molecule has 2 nitrogen and oxygen atoms in total. The smallest absolute Gasteiger partial charge is 0.0607 e. The van der Waals surface area contributed by atoms with Crippen molar-refractivity contribution in [2.24, 2.45) is 23.2 Å². The maximum Gasteiger partial charge on any atom is 0.0607 e. The minimum absolute atomic E-state index is 0.0998. The minimum atomic E-state index is -0.0998. The second kappa shape index (κ2) is 4.89. The van der Waals surface area contributed by atoms with Gasteiger partial charge in [-0.05, 0) is 55.3 Å². The van der Waals surface area contributed by atoms with Crippen molar-refractivity contribution in [1.82, 2.24) is 0 Å². The van der Waals surface area contributed by atoms with E-state index in [0.717, 1.165) is 18.8 Å². The van der Waals surface area contributed by atoms with E-state index in [1.807, 2.05) is 7.11 Å². The Labute approximate surface area is 106 Å². The highest BCUT2D eigenvalue weighted by atomic mass is 16.5. The zero-order chi connectivity index (χ0) is 12.6. The molecule has 2 heteroatoms. The largest absolute Gasteiger partial charge is 0.393 e. The van der Waals surface area contributed by atoms with Crippen LogP contribution in [0.2, 0.25) is 0 Å². The van der Waals surface area contributed by atoms with Gasteiger partial charge in [-0.25, -0.2) is 0 Å². The van der Waals surface area contributed by atoms with Crippen LogP contribution in [0.4, 0.5) is 0 Å². The minimum Gasteiger partial charge on any atom is -0.393 e. The molecule has 4 unspecified atom stereocenters.